The molecule has 1 saturated heterocycles. The van der Waals surface area contributed by atoms with Crippen LogP contribution in [0.2, 0.25) is 0 Å². The van der Waals surface area contributed by atoms with E-state index in [1.807, 2.05) is 13.0 Å². The van der Waals surface area contributed by atoms with Crippen molar-refractivity contribution in [1.29, 1.82) is 0 Å². The molecule has 0 bridgehead atoms. The summed E-state index contributed by atoms with van der Waals surface area (Å²) < 4.78 is 0. The molecular weight excluding hydrogens is 226 g/mol. The first-order chi connectivity index (χ1) is 8.61. The van der Waals surface area contributed by atoms with E-state index in [9.17, 15) is 4.79 Å². The Bertz CT molecular complexity index is 433. The van der Waals surface area contributed by atoms with Crippen molar-refractivity contribution in [3.63, 3.8) is 0 Å². The predicted octanol–water partition coefficient (Wildman–Crippen LogP) is 1.73. The van der Waals surface area contributed by atoms with Crippen LogP contribution in [0.15, 0.2) is 12.3 Å². The maximum absolute atomic E-state index is 10.7. The fraction of sp³-hybridized carbons (Fsp3) is 0.571. The van der Waals surface area contributed by atoms with E-state index in [0.717, 1.165) is 43.7 Å². The molecule has 0 aliphatic carbocycles. The Hall–Kier alpha value is -1.42. The molecular formula is C14H21N3O. The van der Waals surface area contributed by atoms with E-state index in [-0.39, 0.29) is 0 Å². The van der Waals surface area contributed by atoms with Crippen molar-refractivity contribution < 1.29 is 4.79 Å². The third-order valence-electron chi connectivity index (χ3n) is 3.53. The first kappa shape index (κ1) is 13.0. The molecule has 2 rings (SSSR count). The highest BCUT2D eigenvalue weighted by Crippen LogP contribution is 2.22. The SMILES string of the molecule is Cc1cc(C=O)cnc1N1CCCN(C)CC1C. The second-order valence-corrected chi connectivity index (χ2v) is 5.19. The molecule has 0 saturated carbocycles. The van der Waals surface area contributed by atoms with Crippen LogP contribution in [0.4, 0.5) is 5.82 Å². The van der Waals surface area contributed by atoms with Gasteiger partial charge < -0.3 is 9.80 Å². The molecule has 1 aromatic rings. The minimum absolute atomic E-state index is 0.450. The number of carbonyl (C=O) groups is 1. The van der Waals surface area contributed by atoms with Gasteiger partial charge in [0.2, 0.25) is 0 Å². The van der Waals surface area contributed by atoms with Crippen molar-refractivity contribution in [2.24, 2.45) is 0 Å². The number of nitrogens with zero attached hydrogens (tertiary/aromatic N) is 3. The second-order valence-electron chi connectivity index (χ2n) is 5.19. The zero-order chi connectivity index (χ0) is 13.1. The zero-order valence-corrected chi connectivity index (χ0v) is 11.4. The molecule has 1 aromatic heterocycles. The number of pyridine rings is 1. The number of hydrogen-bond donors (Lipinski definition) is 0. The summed E-state index contributed by atoms with van der Waals surface area (Å²) in [5.74, 6) is 1.02. The number of likely N-dealkylation sites (N-methyl/N-ethyl adjacent to an activating group) is 1. The molecule has 1 atom stereocenters. The van der Waals surface area contributed by atoms with Gasteiger partial charge in [0, 0.05) is 30.9 Å². The number of hydrogen-bond acceptors (Lipinski definition) is 4. The van der Waals surface area contributed by atoms with Crippen LogP contribution < -0.4 is 4.90 Å². The van der Waals surface area contributed by atoms with Crippen LogP contribution in [0.1, 0.15) is 29.3 Å². The summed E-state index contributed by atoms with van der Waals surface area (Å²) in [5, 5.41) is 0. The predicted molar refractivity (Wildman–Crippen MR) is 73.3 cm³/mol. The number of carbonyl (C=O) groups excluding carboxylic acids is 1. The molecule has 0 radical (unpaired) electrons. The van der Waals surface area contributed by atoms with Gasteiger partial charge in [-0.15, -0.1) is 0 Å². The van der Waals surface area contributed by atoms with Gasteiger partial charge in [0.25, 0.3) is 0 Å². The molecule has 4 nitrogen and oxygen atoms in total. The van der Waals surface area contributed by atoms with Crippen LogP contribution in [-0.2, 0) is 0 Å². The van der Waals surface area contributed by atoms with Gasteiger partial charge in [0.15, 0.2) is 6.29 Å². The van der Waals surface area contributed by atoms with Gasteiger partial charge in [-0.25, -0.2) is 4.98 Å². The molecule has 0 spiro atoms. The van der Waals surface area contributed by atoms with E-state index in [0.29, 0.717) is 11.6 Å². The lowest BCUT2D eigenvalue weighted by molar-refractivity contribution is 0.112. The molecule has 1 fully saturated rings. The highest BCUT2D eigenvalue weighted by atomic mass is 16.1. The molecule has 4 heteroatoms. The fourth-order valence-corrected chi connectivity index (χ4v) is 2.64. The summed E-state index contributed by atoms with van der Waals surface area (Å²) in [4.78, 5) is 19.9. The fourth-order valence-electron chi connectivity index (χ4n) is 2.64. The van der Waals surface area contributed by atoms with Crippen molar-refractivity contribution in [3.05, 3.63) is 23.4 Å². The van der Waals surface area contributed by atoms with E-state index < -0.39 is 0 Å². The van der Waals surface area contributed by atoms with Crippen molar-refractivity contribution >= 4 is 12.1 Å². The molecule has 1 unspecified atom stereocenters. The Morgan fingerprint density at radius 1 is 1.44 bits per heavy atom. The Morgan fingerprint density at radius 3 is 2.89 bits per heavy atom. The van der Waals surface area contributed by atoms with Crippen molar-refractivity contribution in [1.82, 2.24) is 9.88 Å². The summed E-state index contributed by atoms with van der Waals surface area (Å²) in [7, 11) is 2.16. The molecule has 1 aliphatic heterocycles. The van der Waals surface area contributed by atoms with Crippen LogP contribution >= 0.6 is 0 Å². The third kappa shape index (κ3) is 2.70. The van der Waals surface area contributed by atoms with Gasteiger partial charge >= 0.3 is 0 Å². The van der Waals surface area contributed by atoms with Crippen molar-refractivity contribution in [3.8, 4) is 0 Å². The molecule has 98 valence electrons. The quantitative estimate of drug-likeness (QED) is 0.746. The largest absolute Gasteiger partial charge is 0.352 e. The first-order valence-electron chi connectivity index (χ1n) is 6.49. The molecule has 18 heavy (non-hydrogen) atoms. The van der Waals surface area contributed by atoms with Crippen LogP contribution in [-0.4, -0.2) is 48.9 Å². The number of aldehydes is 1. The van der Waals surface area contributed by atoms with E-state index in [1.165, 1.54) is 0 Å². The summed E-state index contributed by atoms with van der Waals surface area (Å²) in [6.07, 6.45) is 3.66. The van der Waals surface area contributed by atoms with Crippen LogP contribution in [0.25, 0.3) is 0 Å². The Kier molecular flexibility index (Phi) is 3.97. The standard InChI is InChI=1S/C14H21N3O/c1-11-7-13(10-18)8-15-14(11)17-6-4-5-16(3)9-12(17)2/h7-8,10,12H,4-6,9H2,1-3H3. The average Bonchev–Trinajstić information content (AvgIpc) is 2.50. The van der Waals surface area contributed by atoms with Gasteiger partial charge in [-0.1, -0.05) is 0 Å². The highest BCUT2D eigenvalue weighted by Gasteiger charge is 2.21. The summed E-state index contributed by atoms with van der Waals surface area (Å²) in [6, 6.07) is 2.36. The number of aromatic nitrogens is 1. The van der Waals surface area contributed by atoms with Gasteiger partial charge in [-0.3, -0.25) is 4.79 Å². The van der Waals surface area contributed by atoms with Gasteiger partial charge in [-0.2, -0.15) is 0 Å². The molecule has 0 aromatic carbocycles. The lowest BCUT2D eigenvalue weighted by atomic mass is 10.2. The van der Waals surface area contributed by atoms with Gasteiger partial charge in [0.05, 0.1) is 0 Å². The van der Waals surface area contributed by atoms with Gasteiger partial charge in [0.1, 0.15) is 5.82 Å². The van der Waals surface area contributed by atoms with Crippen LogP contribution in [0, 0.1) is 6.92 Å². The molecule has 0 N–H and O–H groups in total. The zero-order valence-electron chi connectivity index (χ0n) is 11.4. The summed E-state index contributed by atoms with van der Waals surface area (Å²) in [6.45, 7) is 7.47. The van der Waals surface area contributed by atoms with E-state index >= 15 is 0 Å². The lowest BCUT2D eigenvalue weighted by Crippen LogP contribution is -2.38. The van der Waals surface area contributed by atoms with E-state index in [1.54, 1.807) is 6.20 Å². The van der Waals surface area contributed by atoms with E-state index in [4.69, 9.17) is 0 Å². The summed E-state index contributed by atoms with van der Waals surface area (Å²) >= 11 is 0. The number of aryl methyl sites for hydroxylation is 1. The number of rotatable bonds is 2. The van der Waals surface area contributed by atoms with Crippen LogP contribution in [0.5, 0.6) is 0 Å². The minimum atomic E-state index is 0.450. The molecule has 0 amide bonds. The average molecular weight is 247 g/mol. The van der Waals surface area contributed by atoms with Crippen molar-refractivity contribution in [2.75, 3.05) is 31.6 Å². The minimum Gasteiger partial charge on any atom is -0.352 e. The summed E-state index contributed by atoms with van der Waals surface area (Å²) in [5.41, 5.74) is 1.73. The molecule has 1 aliphatic rings. The Morgan fingerprint density at radius 2 is 2.22 bits per heavy atom. The normalized spacial score (nSPS) is 21.7. The Balaban J connectivity index is 2.26. The smallest absolute Gasteiger partial charge is 0.151 e. The maximum Gasteiger partial charge on any atom is 0.151 e. The lowest BCUT2D eigenvalue weighted by Gasteiger charge is -2.30. The topological polar surface area (TPSA) is 36.4 Å². The first-order valence-corrected chi connectivity index (χ1v) is 6.49. The molecule has 2 heterocycles. The highest BCUT2D eigenvalue weighted by molar-refractivity contribution is 5.75. The monoisotopic (exact) mass is 247 g/mol. The van der Waals surface area contributed by atoms with E-state index in [2.05, 4.69) is 28.8 Å². The number of anilines is 1. The third-order valence-corrected chi connectivity index (χ3v) is 3.53. The van der Waals surface area contributed by atoms with Gasteiger partial charge in [-0.05, 0) is 45.5 Å². The van der Waals surface area contributed by atoms with Crippen molar-refractivity contribution in [2.45, 2.75) is 26.3 Å². The van der Waals surface area contributed by atoms with Crippen LogP contribution in [0.3, 0.4) is 0 Å². The second kappa shape index (κ2) is 5.48. The Labute approximate surface area is 109 Å². The maximum atomic E-state index is 10.7.